The third-order valence-corrected chi connectivity index (χ3v) is 2.42. The van der Waals surface area contributed by atoms with Crippen molar-refractivity contribution in [2.75, 3.05) is 5.32 Å². The molecule has 1 heterocycles. The van der Waals surface area contributed by atoms with E-state index >= 15 is 0 Å². The molecule has 0 fully saturated rings. The van der Waals surface area contributed by atoms with Crippen LogP contribution in [0.3, 0.4) is 0 Å². The number of hydrogen-bond donors (Lipinski definition) is 1. The summed E-state index contributed by atoms with van der Waals surface area (Å²) >= 11 is 5.75. The van der Waals surface area contributed by atoms with Crippen LogP contribution in [-0.2, 0) is 4.79 Å². The van der Waals surface area contributed by atoms with Gasteiger partial charge in [-0.25, -0.2) is 9.97 Å². The molecule has 15 heavy (non-hydrogen) atoms. The molecule has 1 aromatic rings. The maximum atomic E-state index is 11.5. The number of hydrogen-bond acceptors (Lipinski definition) is 3. The second-order valence-electron chi connectivity index (χ2n) is 3.46. The molecule has 1 amide bonds. The largest absolute Gasteiger partial charge is 0.308 e. The van der Waals surface area contributed by atoms with Crippen molar-refractivity contribution in [2.24, 2.45) is 5.92 Å². The normalized spacial score (nSPS) is 12.2. The molecule has 82 valence electrons. The maximum absolute atomic E-state index is 11.5. The van der Waals surface area contributed by atoms with Crippen molar-refractivity contribution in [1.29, 1.82) is 0 Å². The van der Waals surface area contributed by atoms with Crippen LogP contribution in [0.25, 0.3) is 0 Å². The Labute approximate surface area is 94.1 Å². The van der Waals surface area contributed by atoms with Gasteiger partial charge < -0.3 is 5.32 Å². The lowest BCUT2D eigenvalue weighted by Gasteiger charge is -2.08. The van der Waals surface area contributed by atoms with Gasteiger partial charge in [0.1, 0.15) is 0 Å². The van der Waals surface area contributed by atoms with E-state index in [0.717, 1.165) is 6.42 Å². The predicted molar refractivity (Wildman–Crippen MR) is 59.7 cm³/mol. The van der Waals surface area contributed by atoms with E-state index in [9.17, 15) is 4.79 Å². The molecule has 4 nitrogen and oxygen atoms in total. The molecule has 0 bridgehead atoms. The molecule has 0 saturated heterocycles. The lowest BCUT2D eigenvalue weighted by molar-refractivity contribution is -0.117. The third kappa shape index (κ3) is 3.83. The van der Waals surface area contributed by atoms with E-state index in [1.165, 1.54) is 12.4 Å². The first-order chi connectivity index (χ1) is 7.13. The molecule has 0 radical (unpaired) electrons. The molecule has 0 aliphatic heterocycles. The summed E-state index contributed by atoms with van der Waals surface area (Å²) in [4.78, 5) is 19.2. The number of carbonyl (C=O) groups is 1. The van der Waals surface area contributed by atoms with E-state index in [2.05, 4.69) is 15.3 Å². The number of carbonyl (C=O) groups excluding carboxylic acids is 1. The number of rotatable bonds is 4. The van der Waals surface area contributed by atoms with Crippen LogP contribution in [0.4, 0.5) is 5.82 Å². The van der Waals surface area contributed by atoms with E-state index in [4.69, 9.17) is 11.6 Å². The van der Waals surface area contributed by atoms with Crippen molar-refractivity contribution in [3.8, 4) is 0 Å². The fraction of sp³-hybridized carbons (Fsp3) is 0.500. The predicted octanol–water partition coefficient (Wildman–Crippen LogP) is 2.50. The number of amides is 1. The van der Waals surface area contributed by atoms with E-state index in [0.29, 0.717) is 18.2 Å². The highest BCUT2D eigenvalue weighted by Gasteiger charge is 2.10. The fourth-order valence-corrected chi connectivity index (χ4v) is 1.20. The fourth-order valence-electron chi connectivity index (χ4n) is 1.05. The molecule has 0 aromatic carbocycles. The molecule has 0 spiro atoms. The van der Waals surface area contributed by atoms with E-state index in [1.807, 2.05) is 13.8 Å². The maximum Gasteiger partial charge on any atom is 0.225 e. The quantitative estimate of drug-likeness (QED) is 0.860. The van der Waals surface area contributed by atoms with Crippen LogP contribution in [-0.4, -0.2) is 15.9 Å². The zero-order valence-electron chi connectivity index (χ0n) is 8.83. The van der Waals surface area contributed by atoms with Crippen LogP contribution in [0, 0.1) is 5.92 Å². The van der Waals surface area contributed by atoms with Crippen LogP contribution >= 0.6 is 11.6 Å². The number of nitrogens with one attached hydrogen (secondary N) is 1. The Balaban J connectivity index is 2.55. The molecule has 0 saturated carbocycles. The molecule has 0 aliphatic rings. The Morgan fingerprint density at radius 1 is 1.53 bits per heavy atom. The number of anilines is 1. The average molecular weight is 228 g/mol. The summed E-state index contributed by atoms with van der Waals surface area (Å²) in [5, 5.41) is 2.85. The molecule has 1 rings (SSSR count). The summed E-state index contributed by atoms with van der Waals surface area (Å²) in [6, 6.07) is 0. The van der Waals surface area contributed by atoms with Gasteiger partial charge in [0.05, 0.1) is 0 Å². The smallest absolute Gasteiger partial charge is 0.225 e. The summed E-state index contributed by atoms with van der Waals surface area (Å²) in [5.41, 5.74) is 0. The van der Waals surface area contributed by atoms with Crippen molar-refractivity contribution >= 4 is 23.3 Å². The minimum Gasteiger partial charge on any atom is -0.308 e. The summed E-state index contributed by atoms with van der Waals surface area (Å²) in [6.45, 7) is 4.07. The summed E-state index contributed by atoms with van der Waals surface area (Å²) < 4.78 is 0. The topological polar surface area (TPSA) is 54.9 Å². The second-order valence-corrected chi connectivity index (χ2v) is 3.82. The molecule has 0 aliphatic carbocycles. The van der Waals surface area contributed by atoms with Gasteiger partial charge in [0, 0.05) is 18.8 Å². The van der Waals surface area contributed by atoms with Crippen molar-refractivity contribution < 1.29 is 4.79 Å². The van der Waals surface area contributed by atoms with E-state index in [-0.39, 0.29) is 11.1 Å². The average Bonchev–Trinajstić information content (AvgIpc) is 2.21. The molecule has 1 atom stereocenters. The number of nitrogens with zero attached hydrogens (tertiary/aromatic N) is 2. The first-order valence-corrected chi connectivity index (χ1v) is 5.27. The van der Waals surface area contributed by atoms with Crippen molar-refractivity contribution in [1.82, 2.24) is 9.97 Å². The minimum absolute atomic E-state index is 0.0771. The summed E-state index contributed by atoms with van der Waals surface area (Å²) in [6.07, 6.45) is 4.42. The Kier molecular flexibility index (Phi) is 4.49. The Morgan fingerprint density at radius 2 is 2.20 bits per heavy atom. The zero-order valence-corrected chi connectivity index (χ0v) is 9.58. The second kappa shape index (κ2) is 5.66. The van der Waals surface area contributed by atoms with Gasteiger partial charge in [-0.3, -0.25) is 4.79 Å². The Hall–Kier alpha value is -1.16. The third-order valence-electron chi connectivity index (χ3n) is 2.14. The van der Waals surface area contributed by atoms with E-state index < -0.39 is 0 Å². The van der Waals surface area contributed by atoms with Gasteiger partial charge >= 0.3 is 0 Å². The first kappa shape index (κ1) is 11.9. The van der Waals surface area contributed by atoms with Gasteiger partial charge in [-0.05, 0) is 5.92 Å². The molecule has 1 unspecified atom stereocenters. The summed E-state index contributed by atoms with van der Waals surface area (Å²) in [7, 11) is 0. The zero-order chi connectivity index (χ0) is 11.3. The van der Waals surface area contributed by atoms with Gasteiger partial charge in [-0.1, -0.05) is 31.9 Å². The SMILES string of the molecule is CCC(C)CC(=O)Nc1nccnc1Cl. The Morgan fingerprint density at radius 3 is 2.80 bits per heavy atom. The standard InChI is InChI=1S/C10H14ClN3O/c1-3-7(2)6-8(15)14-10-9(11)12-4-5-13-10/h4-5,7H,3,6H2,1-2H3,(H,13,14,15). The van der Waals surface area contributed by atoms with Crippen molar-refractivity contribution in [3.63, 3.8) is 0 Å². The van der Waals surface area contributed by atoms with Crippen LogP contribution in [0.1, 0.15) is 26.7 Å². The monoisotopic (exact) mass is 227 g/mol. The van der Waals surface area contributed by atoms with Crippen LogP contribution in [0.5, 0.6) is 0 Å². The highest BCUT2D eigenvalue weighted by atomic mass is 35.5. The minimum atomic E-state index is -0.0771. The van der Waals surface area contributed by atoms with Gasteiger partial charge in [0.25, 0.3) is 0 Å². The van der Waals surface area contributed by atoms with Crippen LogP contribution in [0.15, 0.2) is 12.4 Å². The van der Waals surface area contributed by atoms with E-state index in [1.54, 1.807) is 0 Å². The van der Waals surface area contributed by atoms with Crippen molar-refractivity contribution in [2.45, 2.75) is 26.7 Å². The molecule has 1 aromatic heterocycles. The lowest BCUT2D eigenvalue weighted by Crippen LogP contribution is -2.16. The van der Waals surface area contributed by atoms with Gasteiger partial charge in [0.15, 0.2) is 11.0 Å². The number of aromatic nitrogens is 2. The van der Waals surface area contributed by atoms with Gasteiger partial charge in [-0.2, -0.15) is 0 Å². The summed E-state index contributed by atoms with van der Waals surface area (Å²) in [5.74, 6) is 0.611. The Bertz CT molecular complexity index is 343. The molecule has 5 heteroatoms. The van der Waals surface area contributed by atoms with Crippen LogP contribution in [0.2, 0.25) is 5.15 Å². The molecular weight excluding hydrogens is 214 g/mol. The lowest BCUT2D eigenvalue weighted by atomic mass is 10.1. The molecular formula is C10H14ClN3O. The van der Waals surface area contributed by atoms with Gasteiger partial charge in [0.2, 0.25) is 5.91 Å². The highest BCUT2D eigenvalue weighted by Crippen LogP contribution is 2.15. The van der Waals surface area contributed by atoms with Crippen LogP contribution < -0.4 is 5.32 Å². The number of halogens is 1. The first-order valence-electron chi connectivity index (χ1n) is 4.89. The van der Waals surface area contributed by atoms with Crippen molar-refractivity contribution in [3.05, 3.63) is 17.5 Å². The van der Waals surface area contributed by atoms with Gasteiger partial charge in [-0.15, -0.1) is 0 Å². The molecule has 1 N–H and O–H groups in total. The highest BCUT2D eigenvalue weighted by molar-refractivity contribution is 6.32.